The summed E-state index contributed by atoms with van der Waals surface area (Å²) in [6, 6.07) is 42.3. The van der Waals surface area contributed by atoms with Gasteiger partial charge in [-0.3, -0.25) is 0 Å². The molecule has 0 unspecified atom stereocenters. The van der Waals surface area contributed by atoms with Gasteiger partial charge in [0.2, 0.25) is 0 Å². The van der Waals surface area contributed by atoms with E-state index in [1.165, 1.54) is 6.07 Å². The Hall–Kier alpha value is -4.61. The van der Waals surface area contributed by atoms with E-state index in [4.69, 9.17) is 10.9 Å². The molecule has 0 atom stereocenters. The Morgan fingerprint density at radius 3 is 1.70 bits per heavy atom. The number of rotatable bonds is 6. The van der Waals surface area contributed by atoms with Crippen LogP contribution in [0.4, 0.5) is 4.39 Å². The second-order valence-electron chi connectivity index (χ2n) is 9.02. The quantitative estimate of drug-likeness (QED) is 0.273. The highest BCUT2D eigenvalue weighted by molar-refractivity contribution is 5.82. The van der Waals surface area contributed by atoms with E-state index in [9.17, 15) is 4.39 Å². The van der Waals surface area contributed by atoms with Crippen LogP contribution < -0.4 is 5.73 Å². The third-order valence-electron chi connectivity index (χ3n) is 6.94. The predicted octanol–water partition coefficient (Wildman–Crippen LogP) is 6.54. The van der Waals surface area contributed by atoms with Crippen LogP contribution in [0.1, 0.15) is 22.3 Å². The largest absolute Gasteiger partial charge is 0.326 e. The molecule has 0 saturated heterocycles. The van der Waals surface area contributed by atoms with Gasteiger partial charge in [0.25, 0.3) is 0 Å². The molecule has 0 bridgehead atoms. The highest BCUT2D eigenvalue weighted by Crippen LogP contribution is 2.42. The van der Waals surface area contributed by atoms with Crippen molar-refractivity contribution in [3.05, 3.63) is 155 Å². The fraction of sp³-hybridized carbons (Fsp3) is 0.0625. The molecule has 0 saturated carbocycles. The van der Waals surface area contributed by atoms with Gasteiger partial charge in [-0.15, -0.1) is 5.10 Å². The average molecular weight is 485 g/mol. The lowest BCUT2D eigenvalue weighted by molar-refractivity contribution is 0.461. The minimum atomic E-state index is -0.747. The van der Waals surface area contributed by atoms with E-state index in [1.807, 2.05) is 41.1 Å². The number of aromatic nitrogens is 3. The first-order valence-electron chi connectivity index (χ1n) is 12.2. The summed E-state index contributed by atoms with van der Waals surface area (Å²) < 4.78 is 16.1. The first-order chi connectivity index (χ1) is 18.2. The molecule has 1 aromatic heterocycles. The molecule has 2 N–H and O–H groups in total. The van der Waals surface area contributed by atoms with Crippen molar-refractivity contribution in [3.63, 3.8) is 0 Å². The maximum absolute atomic E-state index is 14.1. The second-order valence-corrected chi connectivity index (χ2v) is 9.02. The number of nitrogens with two attached hydrogens (primary N) is 1. The lowest BCUT2D eigenvalue weighted by Gasteiger charge is -2.36. The van der Waals surface area contributed by atoms with Crippen molar-refractivity contribution in [2.75, 3.05) is 0 Å². The summed E-state index contributed by atoms with van der Waals surface area (Å²) in [7, 11) is 0. The van der Waals surface area contributed by atoms with Crippen LogP contribution in [0.2, 0.25) is 0 Å². The summed E-state index contributed by atoms with van der Waals surface area (Å²) in [6.45, 7) is 0.145. The molecular weight excluding hydrogens is 459 g/mol. The maximum Gasteiger partial charge on any atom is 0.140 e. The molecule has 0 aliphatic rings. The smallest absolute Gasteiger partial charge is 0.140 e. The lowest BCUT2D eigenvalue weighted by Crippen LogP contribution is -2.38. The standard InChI is InChI=1S/C32H25FN4/c33-29-18-16-23(20-25(29)22-34)24-17-19-31-30(21-24)35-36-37(31)32(26-10-4-1-5-11-26,27-12-6-2-7-13-27)28-14-8-3-9-15-28/h1-21H,22,34H2. The third-order valence-corrected chi connectivity index (χ3v) is 6.94. The van der Waals surface area contributed by atoms with Crippen molar-refractivity contribution in [2.45, 2.75) is 12.1 Å². The highest BCUT2D eigenvalue weighted by Gasteiger charge is 2.40. The molecule has 0 aliphatic heterocycles. The molecule has 5 aromatic carbocycles. The molecule has 4 nitrogen and oxygen atoms in total. The number of nitrogens with zero attached hydrogens (tertiary/aromatic N) is 3. The third kappa shape index (κ3) is 3.81. The molecule has 0 amide bonds. The Labute approximate surface area is 214 Å². The Kier molecular flexibility index (Phi) is 5.83. The molecule has 0 aliphatic carbocycles. The van der Waals surface area contributed by atoms with Gasteiger partial charge < -0.3 is 5.73 Å². The van der Waals surface area contributed by atoms with E-state index in [2.05, 4.69) is 77.9 Å². The minimum Gasteiger partial charge on any atom is -0.326 e. The normalized spacial score (nSPS) is 11.6. The van der Waals surface area contributed by atoms with Gasteiger partial charge in [-0.25, -0.2) is 9.07 Å². The van der Waals surface area contributed by atoms with Gasteiger partial charge in [-0.2, -0.15) is 0 Å². The van der Waals surface area contributed by atoms with Crippen molar-refractivity contribution < 1.29 is 4.39 Å². The predicted molar refractivity (Wildman–Crippen MR) is 145 cm³/mol. The zero-order valence-corrected chi connectivity index (χ0v) is 20.1. The first kappa shape index (κ1) is 22.8. The van der Waals surface area contributed by atoms with Crippen LogP contribution in [0.15, 0.2) is 127 Å². The van der Waals surface area contributed by atoms with Gasteiger partial charge >= 0.3 is 0 Å². The molecular formula is C32H25FN4. The van der Waals surface area contributed by atoms with Crippen LogP contribution in [0.3, 0.4) is 0 Å². The highest BCUT2D eigenvalue weighted by atomic mass is 19.1. The van der Waals surface area contributed by atoms with E-state index in [0.717, 1.165) is 38.9 Å². The zero-order valence-electron chi connectivity index (χ0n) is 20.1. The van der Waals surface area contributed by atoms with Crippen LogP contribution in [0.5, 0.6) is 0 Å². The summed E-state index contributed by atoms with van der Waals surface area (Å²) in [4.78, 5) is 0. The Morgan fingerprint density at radius 2 is 1.16 bits per heavy atom. The summed E-state index contributed by atoms with van der Waals surface area (Å²) in [5.74, 6) is -0.295. The molecule has 0 spiro atoms. The topological polar surface area (TPSA) is 56.7 Å². The number of halogens is 1. The van der Waals surface area contributed by atoms with Gasteiger partial charge in [0.05, 0.1) is 5.52 Å². The molecule has 6 rings (SSSR count). The van der Waals surface area contributed by atoms with E-state index >= 15 is 0 Å². The Balaban J connectivity index is 1.62. The molecule has 37 heavy (non-hydrogen) atoms. The summed E-state index contributed by atoms with van der Waals surface area (Å²) >= 11 is 0. The fourth-order valence-corrected chi connectivity index (χ4v) is 5.17. The van der Waals surface area contributed by atoms with Gasteiger partial charge in [-0.05, 0) is 52.1 Å². The summed E-state index contributed by atoms with van der Waals surface area (Å²) in [5, 5.41) is 9.39. The van der Waals surface area contributed by atoms with Gasteiger partial charge in [0.1, 0.15) is 16.9 Å². The lowest BCUT2D eigenvalue weighted by atomic mass is 9.77. The molecule has 1 heterocycles. The van der Waals surface area contributed by atoms with Crippen molar-refractivity contribution in [3.8, 4) is 11.1 Å². The average Bonchev–Trinajstić information content (AvgIpc) is 3.39. The summed E-state index contributed by atoms with van der Waals surface area (Å²) in [6.07, 6.45) is 0. The van der Waals surface area contributed by atoms with Crippen molar-refractivity contribution >= 4 is 11.0 Å². The minimum absolute atomic E-state index is 0.145. The number of benzene rings is 5. The fourth-order valence-electron chi connectivity index (χ4n) is 5.17. The van der Waals surface area contributed by atoms with E-state index < -0.39 is 5.54 Å². The second kappa shape index (κ2) is 9.45. The summed E-state index contributed by atoms with van der Waals surface area (Å²) in [5.41, 5.74) is 12.2. The van der Waals surface area contributed by atoms with Crippen LogP contribution >= 0.6 is 0 Å². The van der Waals surface area contributed by atoms with Crippen LogP contribution in [-0.4, -0.2) is 15.0 Å². The van der Waals surface area contributed by atoms with Crippen LogP contribution in [-0.2, 0) is 12.1 Å². The van der Waals surface area contributed by atoms with Crippen LogP contribution in [0, 0.1) is 5.82 Å². The van der Waals surface area contributed by atoms with Crippen LogP contribution in [0.25, 0.3) is 22.2 Å². The van der Waals surface area contributed by atoms with Gasteiger partial charge in [0, 0.05) is 12.1 Å². The maximum atomic E-state index is 14.1. The Morgan fingerprint density at radius 1 is 0.649 bits per heavy atom. The SMILES string of the molecule is NCc1cc(-c2ccc3c(c2)nnn3C(c2ccccc2)(c2ccccc2)c2ccccc2)ccc1F. The van der Waals surface area contributed by atoms with E-state index in [0.29, 0.717) is 5.56 Å². The van der Waals surface area contributed by atoms with Crippen molar-refractivity contribution in [1.29, 1.82) is 0 Å². The monoisotopic (exact) mass is 484 g/mol. The first-order valence-corrected chi connectivity index (χ1v) is 12.2. The molecule has 0 radical (unpaired) electrons. The molecule has 180 valence electrons. The van der Waals surface area contributed by atoms with Crippen molar-refractivity contribution in [1.82, 2.24) is 15.0 Å². The molecule has 6 aromatic rings. The number of hydrogen-bond donors (Lipinski definition) is 1. The van der Waals surface area contributed by atoms with Gasteiger partial charge in [-0.1, -0.05) is 108 Å². The van der Waals surface area contributed by atoms with E-state index in [1.54, 1.807) is 12.1 Å². The van der Waals surface area contributed by atoms with Crippen molar-refractivity contribution in [2.24, 2.45) is 5.73 Å². The van der Waals surface area contributed by atoms with Gasteiger partial charge in [0.15, 0.2) is 0 Å². The number of hydrogen-bond acceptors (Lipinski definition) is 3. The molecule has 0 fully saturated rings. The Bertz CT molecular complexity index is 1570. The molecule has 5 heteroatoms. The number of fused-ring (bicyclic) bond motifs is 1. The zero-order chi connectivity index (χ0) is 25.2. The van der Waals surface area contributed by atoms with E-state index in [-0.39, 0.29) is 12.4 Å².